The molecule has 0 saturated carbocycles. The number of hydrogen-bond donors (Lipinski definition) is 0. The van der Waals surface area contributed by atoms with Gasteiger partial charge in [-0.2, -0.15) is 10.5 Å². The minimum atomic E-state index is -0.469. The molecule has 0 amide bonds. The summed E-state index contributed by atoms with van der Waals surface area (Å²) in [5.74, 6) is -0.469. The zero-order valence-electron chi connectivity index (χ0n) is 12.9. The van der Waals surface area contributed by atoms with Crippen molar-refractivity contribution in [2.75, 3.05) is 0 Å². The van der Waals surface area contributed by atoms with Crippen molar-refractivity contribution < 1.29 is 4.39 Å². The Bertz CT molecular complexity index is 783. The second-order valence-corrected chi connectivity index (χ2v) is 6.43. The molecule has 0 aliphatic carbocycles. The van der Waals surface area contributed by atoms with Crippen LogP contribution in [0.4, 0.5) is 4.39 Å². The molecule has 0 N–H and O–H groups in total. The van der Waals surface area contributed by atoms with Gasteiger partial charge in [0.05, 0.1) is 14.7 Å². The summed E-state index contributed by atoms with van der Waals surface area (Å²) >= 11 is 1.77. The highest BCUT2D eigenvalue weighted by atomic mass is 127. The lowest BCUT2D eigenvalue weighted by Gasteiger charge is -2.09. The molecule has 0 saturated heterocycles. The lowest BCUT2D eigenvalue weighted by Crippen LogP contribution is -1.97. The third-order valence-corrected chi connectivity index (χ3v) is 4.83. The first-order valence-corrected chi connectivity index (χ1v) is 8.61. The van der Waals surface area contributed by atoms with Gasteiger partial charge in [-0.25, -0.2) is 4.39 Å². The quantitative estimate of drug-likeness (QED) is 0.471. The minimum Gasteiger partial charge on any atom is -0.206 e. The molecule has 0 aromatic heterocycles. The first-order valence-electron chi connectivity index (χ1n) is 7.53. The van der Waals surface area contributed by atoms with E-state index in [2.05, 4.69) is 6.92 Å². The number of nitriles is 2. The van der Waals surface area contributed by atoms with Crippen molar-refractivity contribution in [3.8, 4) is 23.3 Å². The molecule has 0 bridgehead atoms. The Hall–Kier alpha value is -1.92. The highest BCUT2D eigenvalue weighted by Crippen LogP contribution is 2.31. The maximum Gasteiger partial charge on any atom is 0.138 e. The van der Waals surface area contributed by atoms with Gasteiger partial charge in [-0.15, -0.1) is 0 Å². The van der Waals surface area contributed by atoms with Crippen LogP contribution in [0.3, 0.4) is 0 Å². The molecule has 0 heterocycles. The first-order chi connectivity index (χ1) is 11.1. The van der Waals surface area contributed by atoms with Crippen LogP contribution in [0.25, 0.3) is 11.1 Å². The Balaban J connectivity index is 2.41. The van der Waals surface area contributed by atoms with Gasteiger partial charge in [-0.3, -0.25) is 0 Å². The van der Waals surface area contributed by atoms with Crippen LogP contribution in [0.2, 0.25) is 0 Å². The van der Waals surface area contributed by atoms with E-state index in [1.54, 1.807) is 22.6 Å². The van der Waals surface area contributed by atoms with Gasteiger partial charge in [-0.05, 0) is 52.6 Å². The second-order valence-electron chi connectivity index (χ2n) is 5.35. The van der Waals surface area contributed by atoms with Crippen molar-refractivity contribution in [2.45, 2.75) is 32.6 Å². The summed E-state index contributed by atoms with van der Waals surface area (Å²) in [5, 5.41) is 18.6. The minimum absolute atomic E-state index is 0.107. The van der Waals surface area contributed by atoms with Gasteiger partial charge in [0.15, 0.2) is 0 Å². The zero-order valence-corrected chi connectivity index (χ0v) is 15.0. The number of unbranched alkanes of at least 4 members (excludes halogenated alkanes) is 2. The number of nitrogens with zero attached hydrogens (tertiary/aromatic N) is 2. The van der Waals surface area contributed by atoms with Gasteiger partial charge in [0.2, 0.25) is 0 Å². The summed E-state index contributed by atoms with van der Waals surface area (Å²) < 4.78 is 14.2. The van der Waals surface area contributed by atoms with Crippen molar-refractivity contribution in [1.82, 2.24) is 0 Å². The predicted molar refractivity (Wildman–Crippen MR) is 97.2 cm³/mol. The Morgan fingerprint density at radius 2 is 1.70 bits per heavy atom. The van der Waals surface area contributed by atoms with Gasteiger partial charge in [-0.1, -0.05) is 44.0 Å². The number of halogens is 2. The third-order valence-electron chi connectivity index (χ3n) is 3.78. The maximum absolute atomic E-state index is 14.0. The molecule has 116 valence electrons. The SMILES string of the molecule is CCCCCc1ccc(-c2cc(F)c(I)c(C#N)c2C#N)cc1. The van der Waals surface area contributed by atoms with E-state index in [0.717, 1.165) is 18.4 Å². The lowest BCUT2D eigenvalue weighted by molar-refractivity contribution is 0.620. The fourth-order valence-corrected chi connectivity index (χ4v) is 3.05. The van der Waals surface area contributed by atoms with Crippen LogP contribution >= 0.6 is 22.6 Å². The lowest BCUT2D eigenvalue weighted by atomic mass is 9.95. The van der Waals surface area contributed by atoms with Crippen molar-refractivity contribution in [3.05, 3.63) is 56.4 Å². The summed E-state index contributed by atoms with van der Waals surface area (Å²) in [6.45, 7) is 2.17. The highest BCUT2D eigenvalue weighted by Gasteiger charge is 2.17. The Morgan fingerprint density at radius 1 is 1.04 bits per heavy atom. The van der Waals surface area contributed by atoms with Crippen LogP contribution in [0.5, 0.6) is 0 Å². The van der Waals surface area contributed by atoms with E-state index in [4.69, 9.17) is 0 Å². The van der Waals surface area contributed by atoms with Gasteiger partial charge >= 0.3 is 0 Å². The molecule has 0 spiro atoms. The Morgan fingerprint density at radius 3 is 2.26 bits per heavy atom. The van der Waals surface area contributed by atoms with Crippen LogP contribution in [0.1, 0.15) is 42.9 Å². The monoisotopic (exact) mass is 418 g/mol. The molecule has 0 unspecified atom stereocenters. The fraction of sp³-hybridized carbons (Fsp3) is 0.263. The summed E-state index contributed by atoms with van der Waals surface area (Å²) in [7, 11) is 0. The van der Waals surface area contributed by atoms with Crippen LogP contribution in [0, 0.1) is 32.0 Å². The van der Waals surface area contributed by atoms with E-state index in [-0.39, 0.29) is 14.7 Å². The molecular weight excluding hydrogens is 402 g/mol. The molecule has 0 radical (unpaired) electrons. The smallest absolute Gasteiger partial charge is 0.138 e. The largest absolute Gasteiger partial charge is 0.206 e. The third kappa shape index (κ3) is 3.89. The van der Waals surface area contributed by atoms with Crippen LogP contribution in [0.15, 0.2) is 30.3 Å². The number of hydrogen-bond acceptors (Lipinski definition) is 2. The van der Waals surface area contributed by atoms with Gasteiger partial charge in [0.25, 0.3) is 0 Å². The Labute approximate surface area is 149 Å². The van der Waals surface area contributed by atoms with Crippen molar-refractivity contribution in [3.63, 3.8) is 0 Å². The summed E-state index contributed by atoms with van der Waals surface area (Å²) in [6.07, 6.45) is 4.55. The normalized spacial score (nSPS) is 10.1. The maximum atomic E-state index is 14.0. The number of aryl methyl sites for hydroxylation is 1. The molecule has 0 fully saturated rings. The Kier molecular flexibility index (Phi) is 6.12. The van der Waals surface area contributed by atoms with Gasteiger partial charge in [0, 0.05) is 5.56 Å². The van der Waals surface area contributed by atoms with Gasteiger partial charge < -0.3 is 0 Å². The predicted octanol–water partition coefficient (Wildman–Crippen LogP) is 5.57. The van der Waals surface area contributed by atoms with Gasteiger partial charge in [0.1, 0.15) is 18.0 Å². The second kappa shape index (κ2) is 8.08. The molecule has 0 aliphatic rings. The van der Waals surface area contributed by atoms with E-state index in [9.17, 15) is 14.9 Å². The van der Waals surface area contributed by atoms with Crippen LogP contribution in [-0.4, -0.2) is 0 Å². The van der Waals surface area contributed by atoms with E-state index >= 15 is 0 Å². The van der Waals surface area contributed by atoms with E-state index in [1.807, 2.05) is 36.4 Å². The topological polar surface area (TPSA) is 47.6 Å². The summed E-state index contributed by atoms with van der Waals surface area (Å²) in [6, 6.07) is 13.1. The van der Waals surface area contributed by atoms with E-state index in [0.29, 0.717) is 5.56 Å². The molecule has 2 aromatic carbocycles. The molecular formula is C19H16FIN2. The molecule has 23 heavy (non-hydrogen) atoms. The molecule has 0 atom stereocenters. The van der Waals surface area contributed by atoms with E-state index < -0.39 is 5.82 Å². The highest BCUT2D eigenvalue weighted by molar-refractivity contribution is 14.1. The standard InChI is InChI=1S/C19H16FIN2/c1-2-3-4-5-13-6-8-14(9-7-13)15-10-18(20)19(21)17(12-23)16(15)11-22/h6-10H,2-5H2,1H3. The first kappa shape index (κ1) is 17.4. The average Bonchev–Trinajstić information content (AvgIpc) is 2.57. The van der Waals surface area contributed by atoms with E-state index in [1.165, 1.54) is 24.5 Å². The summed E-state index contributed by atoms with van der Waals surface area (Å²) in [4.78, 5) is 0. The van der Waals surface area contributed by atoms with Crippen molar-refractivity contribution >= 4 is 22.6 Å². The zero-order chi connectivity index (χ0) is 16.8. The number of benzene rings is 2. The molecule has 4 heteroatoms. The van der Waals surface area contributed by atoms with Crippen molar-refractivity contribution in [1.29, 1.82) is 10.5 Å². The fourth-order valence-electron chi connectivity index (χ4n) is 2.50. The molecule has 2 aromatic rings. The average molecular weight is 418 g/mol. The summed E-state index contributed by atoms with van der Waals surface area (Å²) in [5.41, 5.74) is 2.80. The molecule has 0 aliphatic heterocycles. The number of rotatable bonds is 5. The van der Waals surface area contributed by atoms with Crippen LogP contribution < -0.4 is 0 Å². The molecule has 2 nitrogen and oxygen atoms in total. The van der Waals surface area contributed by atoms with Crippen LogP contribution in [-0.2, 0) is 6.42 Å². The van der Waals surface area contributed by atoms with Crippen molar-refractivity contribution in [2.24, 2.45) is 0 Å². The molecule has 2 rings (SSSR count).